The molecule has 2 N–H and O–H groups in total. The molecule has 0 fully saturated rings. The van der Waals surface area contributed by atoms with Crippen LogP contribution in [0.4, 0.5) is 0 Å². The van der Waals surface area contributed by atoms with Gasteiger partial charge in [0.1, 0.15) is 5.75 Å². The maximum Gasteiger partial charge on any atom is 0.191 e. The first-order chi connectivity index (χ1) is 10.8. The molecule has 0 spiro atoms. The van der Waals surface area contributed by atoms with Gasteiger partial charge in [-0.1, -0.05) is 0 Å². The van der Waals surface area contributed by atoms with Crippen molar-refractivity contribution in [3.05, 3.63) is 42.2 Å². The molecular weight excluding hydrogens is 405 g/mol. The summed E-state index contributed by atoms with van der Waals surface area (Å²) in [6.07, 6.45) is 1.94. The summed E-state index contributed by atoms with van der Waals surface area (Å²) in [7, 11) is 1.66. The number of methoxy groups -OCH3 is 1. The van der Waals surface area contributed by atoms with Gasteiger partial charge in [0.05, 0.1) is 25.0 Å². The first-order valence-electron chi connectivity index (χ1n) is 7.48. The van der Waals surface area contributed by atoms with Crippen LogP contribution in [-0.4, -0.2) is 35.9 Å². The fraction of sp³-hybridized carbons (Fsp3) is 0.375. The highest BCUT2D eigenvalue weighted by atomic mass is 127. The van der Waals surface area contributed by atoms with Gasteiger partial charge < -0.3 is 15.4 Å². The number of rotatable bonds is 6. The summed E-state index contributed by atoms with van der Waals surface area (Å²) in [4.78, 5) is 4.51. The normalized spacial score (nSPS) is 9.70. The van der Waals surface area contributed by atoms with Crippen LogP contribution in [0.15, 0.2) is 41.5 Å². The monoisotopic (exact) mass is 429 g/mol. The minimum absolute atomic E-state index is 0. The van der Waals surface area contributed by atoms with Crippen molar-refractivity contribution in [1.82, 2.24) is 20.4 Å². The van der Waals surface area contributed by atoms with Crippen LogP contribution in [0.5, 0.6) is 5.75 Å². The average molecular weight is 429 g/mol. The van der Waals surface area contributed by atoms with Crippen molar-refractivity contribution in [2.45, 2.75) is 20.4 Å². The van der Waals surface area contributed by atoms with E-state index in [1.807, 2.05) is 55.1 Å². The van der Waals surface area contributed by atoms with Crippen molar-refractivity contribution in [2.24, 2.45) is 4.99 Å². The summed E-state index contributed by atoms with van der Waals surface area (Å²) in [5, 5.41) is 10.9. The lowest BCUT2D eigenvalue weighted by atomic mass is 10.3. The second-order valence-electron chi connectivity index (χ2n) is 4.68. The van der Waals surface area contributed by atoms with E-state index in [0.717, 1.165) is 36.2 Å². The van der Waals surface area contributed by atoms with Gasteiger partial charge >= 0.3 is 0 Å². The Morgan fingerprint density at radius 3 is 2.35 bits per heavy atom. The minimum atomic E-state index is 0. The molecule has 23 heavy (non-hydrogen) atoms. The van der Waals surface area contributed by atoms with Gasteiger partial charge in [0.2, 0.25) is 0 Å². The topological polar surface area (TPSA) is 63.5 Å². The van der Waals surface area contributed by atoms with Crippen LogP contribution >= 0.6 is 24.0 Å². The first-order valence-corrected chi connectivity index (χ1v) is 7.48. The molecule has 0 aliphatic heterocycles. The van der Waals surface area contributed by atoms with E-state index < -0.39 is 0 Å². The fourth-order valence-corrected chi connectivity index (χ4v) is 1.99. The molecule has 2 rings (SSSR count). The molecule has 0 saturated heterocycles. The van der Waals surface area contributed by atoms with E-state index in [1.165, 1.54) is 0 Å². The van der Waals surface area contributed by atoms with Crippen molar-refractivity contribution in [2.75, 3.05) is 20.2 Å². The molecule has 2 aromatic rings. The van der Waals surface area contributed by atoms with Crippen LogP contribution in [0.2, 0.25) is 0 Å². The Hall–Kier alpha value is -1.77. The van der Waals surface area contributed by atoms with Gasteiger partial charge in [-0.3, -0.25) is 0 Å². The molecule has 0 aliphatic carbocycles. The van der Waals surface area contributed by atoms with E-state index in [9.17, 15) is 0 Å². The Labute approximate surface area is 154 Å². The number of hydrogen-bond donors (Lipinski definition) is 2. The van der Waals surface area contributed by atoms with Gasteiger partial charge in [0.15, 0.2) is 5.96 Å². The molecule has 0 aliphatic rings. The van der Waals surface area contributed by atoms with E-state index in [4.69, 9.17) is 4.74 Å². The van der Waals surface area contributed by atoms with E-state index in [0.29, 0.717) is 6.54 Å². The Balaban J connectivity index is 0.00000264. The van der Waals surface area contributed by atoms with Crippen LogP contribution in [0, 0.1) is 0 Å². The van der Waals surface area contributed by atoms with E-state index in [2.05, 4.69) is 20.7 Å². The van der Waals surface area contributed by atoms with E-state index in [1.54, 1.807) is 7.11 Å². The highest BCUT2D eigenvalue weighted by molar-refractivity contribution is 14.0. The van der Waals surface area contributed by atoms with Gasteiger partial charge in [-0.2, -0.15) is 5.10 Å². The molecule has 126 valence electrons. The largest absolute Gasteiger partial charge is 0.497 e. The average Bonchev–Trinajstić information content (AvgIpc) is 3.02. The van der Waals surface area contributed by atoms with Crippen molar-refractivity contribution in [3.8, 4) is 11.4 Å². The Morgan fingerprint density at radius 2 is 1.78 bits per heavy atom. The van der Waals surface area contributed by atoms with Crippen molar-refractivity contribution in [1.29, 1.82) is 0 Å². The van der Waals surface area contributed by atoms with Crippen molar-refractivity contribution >= 4 is 29.9 Å². The number of benzene rings is 1. The molecule has 7 heteroatoms. The first kappa shape index (κ1) is 19.3. The number of ether oxygens (including phenoxy) is 1. The third-order valence-electron chi connectivity index (χ3n) is 3.07. The molecule has 1 aromatic heterocycles. The molecule has 0 saturated carbocycles. The Morgan fingerprint density at radius 1 is 1.13 bits per heavy atom. The maximum absolute atomic E-state index is 5.16. The zero-order valence-electron chi connectivity index (χ0n) is 13.7. The maximum atomic E-state index is 5.16. The lowest BCUT2D eigenvalue weighted by molar-refractivity contribution is 0.414. The van der Waals surface area contributed by atoms with Crippen LogP contribution in [0.3, 0.4) is 0 Å². The molecule has 0 atom stereocenters. The van der Waals surface area contributed by atoms with Crippen LogP contribution < -0.4 is 15.4 Å². The third-order valence-corrected chi connectivity index (χ3v) is 3.07. The van der Waals surface area contributed by atoms with Crippen molar-refractivity contribution in [3.63, 3.8) is 0 Å². The number of guanidine groups is 1. The molecule has 1 heterocycles. The van der Waals surface area contributed by atoms with Crippen LogP contribution in [0.25, 0.3) is 5.69 Å². The molecule has 0 radical (unpaired) electrons. The molecule has 0 amide bonds. The van der Waals surface area contributed by atoms with Gasteiger partial charge in [-0.05, 0) is 44.2 Å². The Kier molecular flexibility index (Phi) is 8.46. The molecular formula is C16H24IN5O. The van der Waals surface area contributed by atoms with E-state index in [-0.39, 0.29) is 24.0 Å². The second kappa shape index (κ2) is 10.1. The highest BCUT2D eigenvalue weighted by Crippen LogP contribution is 2.14. The van der Waals surface area contributed by atoms with Gasteiger partial charge in [0, 0.05) is 19.3 Å². The number of aliphatic imine (C=N–C) groups is 1. The predicted octanol–water partition coefficient (Wildman–Crippen LogP) is 2.57. The summed E-state index contributed by atoms with van der Waals surface area (Å²) < 4.78 is 7.00. The van der Waals surface area contributed by atoms with Crippen LogP contribution in [-0.2, 0) is 6.54 Å². The smallest absolute Gasteiger partial charge is 0.191 e. The summed E-state index contributed by atoms with van der Waals surface area (Å²) in [5.41, 5.74) is 1.92. The molecule has 0 unspecified atom stereocenters. The molecule has 0 bridgehead atoms. The lowest BCUT2D eigenvalue weighted by Crippen LogP contribution is -2.36. The summed E-state index contributed by atoms with van der Waals surface area (Å²) in [6.45, 7) is 6.31. The highest BCUT2D eigenvalue weighted by Gasteiger charge is 2.02. The zero-order valence-corrected chi connectivity index (χ0v) is 16.1. The quantitative estimate of drug-likeness (QED) is 0.421. The lowest BCUT2D eigenvalue weighted by Gasteiger charge is -2.08. The number of hydrogen-bond acceptors (Lipinski definition) is 3. The molecule has 1 aromatic carbocycles. The summed E-state index contributed by atoms with van der Waals surface area (Å²) in [6, 6.07) is 9.76. The van der Waals surface area contributed by atoms with Gasteiger partial charge in [0.25, 0.3) is 0 Å². The Bertz CT molecular complexity index is 601. The number of halogens is 1. The number of aromatic nitrogens is 2. The number of nitrogens with zero attached hydrogens (tertiary/aromatic N) is 3. The van der Waals surface area contributed by atoms with E-state index >= 15 is 0 Å². The predicted molar refractivity (Wildman–Crippen MR) is 104 cm³/mol. The molecule has 6 nitrogen and oxygen atoms in total. The minimum Gasteiger partial charge on any atom is -0.497 e. The zero-order chi connectivity index (χ0) is 15.8. The summed E-state index contributed by atoms with van der Waals surface area (Å²) in [5.74, 6) is 1.64. The number of nitrogens with one attached hydrogen (secondary N) is 2. The SMILES string of the molecule is CCNC(=NCc1ccn(-c2ccc(OC)cc2)n1)NCC.I. The van der Waals surface area contributed by atoms with Gasteiger partial charge in [-0.25, -0.2) is 9.67 Å². The van der Waals surface area contributed by atoms with Crippen molar-refractivity contribution < 1.29 is 4.74 Å². The summed E-state index contributed by atoms with van der Waals surface area (Å²) >= 11 is 0. The third kappa shape index (κ3) is 5.74. The van der Waals surface area contributed by atoms with Gasteiger partial charge in [-0.15, -0.1) is 24.0 Å². The second-order valence-corrected chi connectivity index (χ2v) is 4.68. The fourth-order valence-electron chi connectivity index (χ4n) is 1.99. The van der Waals surface area contributed by atoms with Crippen LogP contribution in [0.1, 0.15) is 19.5 Å². The standard InChI is InChI=1S/C16H23N5O.HI/c1-4-17-16(18-5-2)19-12-13-10-11-21(20-13)14-6-8-15(22-3)9-7-14;/h6-11H,4-5,12H2,1-3H3,(H2,17,18,19);1H.